The lowest BCUT2D eigenvalue weighted by Gasteiger charge is -2.35. The summed E-state index contributed by atoms with van der Waals surface area (Å²) in [7, 11) is 0. The van der Waals surface area contributed by atoms with Gasteiger partial charge in [-0.25, -0.2) is 0 Å². The van der Waals surface area contributed by atoms with Gasteiger partial charge in [-0.15, -0.1) is 0 Å². The van der Waals surface area contributed by atoms with Crippen molar-refractivity contribution < 1.29 is 4.79 Å². The number of nitrogens with zero attached hydrogens (tertiary/aromatic N) is 4. The van der Waals surface area contributed by atoms with E-state index in [1.807, 2.05) is 19.9 Å². The van der Waals surface area contributed by atoms with Crippen molar-refractivity contribution in [1.29, 1.82) is 5.26 Å². The second-order valence-corrected chi connectivity index (χ2v) is 10.7. The van der Waals surface area contributed by atoms with Crippen LogP contribution in [0.3, 0.4) is 0 Å². The van der Waals surface area contributed by atoms with Gasteiger partial charge in [0.15, 0.2) is 0 Å². The predicted molar refractivity (Wildman–Crippen MR) is 140 cm³/mol. The van der Waals surface area contributed by atoms with E-state index in [4.69, 9.17) is 12.2 Å². The molecule has 0 saturated carbocycles. The number of anilines is 1. The Morgan fingerprint density at radius 2 is 2.00 bits per heavy atom. The van der Waals surface area contributed by atoms with Gasteiger partial charge < -0.3 is 4.90 Å². The summed E-state index contributed by atoms with van der Waals surface area (Å²) in [5, 5.41) is 9.73. The summed E-state index contributed by atoms with van der Waals surface area (Å²) in [6.45, 7) is 10.9. The Bertz CT molecular complexity index is 1050. The van der Waals surface area contributed by atoms with Gasteiger partial charge in [-0.3, -0.25) is 19.1 Å². The third-order valence-corrected chi connectivity index (χ3v) is 7.88. The molecule has 1 unspecified atom stereocenters. The van der Waals surface area contributed by atoms with Gasteiger partial charge in [0.05, 0.1) is 4.91 Å². The van der Waals surface area contributed by atoms with Gasteiger partial charge >= 0.3 is 0 Å². The maximum absolute atomic E-state index is 13.2. The molecule has 1 aromatic heterocycles. The van der Waals surface area contributed by atoms with Crippen LogP contribution in [0.5, 0.6) is 0 Å². The average molecular weight is 487 g/mol. The number of unbranched alkanes of at least 4 members (excludes halogenated alkanes) is 3. The van der Waals surface area contributed by atoms with Crippen molar-refractivity contribution in [1.82, 2.24) is 9.47 Å². The molecule has 0 radical (unpaired) electrons. The maximum Gasteiger partial charge on any atom is 0.270 e. The predicted octanol–water partition coefficient (Wildman–Crippen LogP) is 5.07. The van der Waals surface area contributed by atoms with E-state index in [0.29, 0.717) is 33.8 Å². The molecule has 3 rings (SSSR count). The first-order chi connectivity index (χ1) is 15.8. The first-order valence-corrected chi connectivity index (χ1v) is 13.2. The Labute approximate surface area is 206 Å². The minimum Gasteiger partial charge on any atom is -0.357 e. The van der Waals surface area contributed by atoms with Crippen molar-refractivity contribution in [3.8, 4) is 6.07 Å². The number of carbonyl (C=O) groups is 1. The molecule has 1 amide bonds. The molecule has 2 fully saturated rings. The van der Waals surface area contributed by atoms with E-state index < -0.39 is 0 Å². The molecule has 178 valence electrons. The van der Waals surface area contributed by atoms with Crippen LogP contribution in [0.2, 0.25) is 0 Å². The van der Waals surface area contributed by atoms with Crippen LogP contribution in [0, 0.1) is 24.2 Å². The van der Waals surface area contributed by atoms with E-state index in [9.17, 15) is 14.9 Å². The molecular formula is C25H34N4O2S2. The van der Waals surface area contributed by atoms with Crippen molar-refractivity contribution in [3.05, 3.63) is 31.9 Å². The molecule has 8 heteroatoms. The fraction of sp³-hybridized carbons (Fsp3) is 0.600. The number of rotatable bonds is 8. The number of pyridine rings is 1. The van der Waals surface area contributed by atoms with E-state index in [2.05, 4.69) is 24.8 Å². The summed E-state index contributed by atoms with van der Waals surface area (Å²) < 4.78 is 2.28. The van der Waals surface area contributed by atoms with Gasteiger partial charge in [-0.2, -0.15) is 5.26 Å². The molecule has 33 heavy (non-hydrogen) atoms. The third kappa shape index (κ3) is 5.36. The van der Waals surface area contributed by atoms with Crippen LogP contribution in [0.4, 0.5) is 5.82 Å². The monoisotopic (exact) mass is 486 g/mol. The quantitative estimate of drug-likeness (QED) is 0.290. The highest BCUT2D eigenvalue weighted by atomic mass is 32.2. The molecule has 6 nitrogen and oxygen atoms in total. The van der Waals surface area contributed by atoms with Crippen molar-refractivity contribution >= 4 is 46.1 Å². The largest absolute Gasteiger partial charge is 0.357 e. The molecule has 2 saturated heterocycles. The molecule has 0 bridgehead atoms. The number of aromatic nitrogens is 1. The average Bonchev–Trinajstić information content (AvgIpc) is 3.05. The smallest absolute Gasteiger partial charge is 0.270 e. The summed E-state index contributed by atoms with van der Waals surface area (Å²) in [6.07, 6.45) is 8.38. The van der Waals surface area contributed by atoms with Gasteiger partial charge in [-0.05, 0) is 50.7 Å². The number of thiocarbonyl (C=S) groups is 1. The van der Waals surface area contributed by atoms with Crippen LogP contribution >= 0.6 is 24.0 Å². The molecule has 0 N–H and O–H groups in total. The lowest BCUT2D eigenvalue weighted by atomic mass is 9.98. The second kappa shape index (κ2) is 11.3. The van der Waals surface area contributed by atoms with Crippen LogP contribution in [0.15, 0.2) is 9.70 Å². The fourth-order valence-corrected chi connectivity index (χ4v) is 5.97. The normalized spacial score (nSPS) is 20.1. The van der Waals surface area contributed by atoms with Gasteiger partial charge in [0, 0.05) is 31.7 Å². The molecule has 2 aliphatic heterocycles. The molecular weight excluding hydrogens is 452 g/mol. The van der Waals surface area contributed by atoms with Crippen molar-refractivity contribution in [2.75, 3.05) is 24.5 Å². The molecule has 1 aromatic rings. The van der Waals surface area contributed by atoms with Crippen LogP contribution < -0.4 is 10.5 Å². The number of nitriles is 1. The number of thioether (sulfide) groups is 1. The third-order valence-electron chi connectivity index (χ3n) is 6.50. The summed E-state index contributed by atoms with van der Waals surface area (Å²) in [5.74, 6) is 1.26. The summed E-state index contributed by atoms with van der Waals surface area (Å²) >= 11 is 6.84. The van der Waals surface area contributed by atoms with Crippen molar-refractivity contribution in [2.24, 2.45) is 5.92 Å². The highest BCUT2D eigenvalue weighted by Crippen LogP contribution is 2.36. The van der Waals surface area contributed by atoms with Gasteiger partial charge in [0.1, 0.15) is 21.8 Å². The van der Waals surface area contributed by atoms with Gasteiger partial charge in [0.25, 0.3) is 11.5 Å². The first-order valence-electron chi connectivity index (χ1n) is 12.0. The standard InChI is InChI=1S/C25H34N4O2S2/c1-5-7-8-9-13-29-24(31)21(33-25(29)32)14-19-18(4)20(15-26)23(30)28(6-2)22(19)27-12-10-11-17(3)16-27/h14,17H,5-13,16H2,1-4H3. The topological polar surface area (TPSA) is 69.3 Å². The zero-order valence-electron chi connectivity index (χ0n) is 20.1. The minimum atomic E-state index is -0.258. The lowest BCUT2D eigenvalue weighted by molar-refractivity contribution is -0.122. The Balaban J connectivity index is 2.07. The Hall–Kier alpha value is -2.11. The van der Waals surface area contributed by atoms with E-state index in [1.54, 1.807) is 9.47 Å². The van der Waals surface area contributed by atoms with Crippen LogP contribution in [-0.4, -0.2) is 39.3 Å². The molecule has 0 aromatic carbocycles. The van der Waals surface area contributed by atoms with E-state index in [1.165, 1.54) is 11.8 Å². The molecule has 0 aliphatic carbocycles. The van der Waals surface area contributed by atoms with E-state index in [-0.39, 0.29) is 17.0 Å². The zero-order chi connectivity index (χ0) is 24.1. The first kappa shape index (κ1) is 25.5. The van der Waals surface area contributed by atoms with E-state index >= 15 is 0 Å². The highest BCUT2D eigenvalue weighted by Gasteiger charge is 2.33. The summed E-state index contributed by atoms with van der Waals surface area (Å²) in [4.78, 5) is 30.8. The molecule has 0 spiro atoms. The maximum atomic E-state index is 13.2. The van der Waals surface area contributed by atoms with E-state index in [0.717, 1.165) is 63.0 Å². The van der Waals surface area contributed by atoms with Crippen LogP contribution in [-0.2, 0) is 11.3 Å². The Morgan fingerprint density at radius 1 is 1.24 bits per heavy atom. The molecule has 3 heterocycles. The summed E-state index contributed by atoms with van der Waals surface area (Å²) in [6, 6.07) is 2.10. The van der Waals surface area contributed by atoms with Crippen molar-refractivity contribution in [2.45, 2.75) is 72.8 Å². The number of carbonyl (C=O) groups excluding carboxylic acids is 1. The van der Waals surface area contributed by atoms with Crippen LogP contribution in [0.25, 0.3) is 6.08 Å². The van der Waals surface area contributed by atoms with Crippen molar-refractivity contribution in [3.63, 3.8) is 0 Å². The summed E-state index contributed by atoms with van der Waals surface area (Å²) in [5.41, 5.74) is 1.31. The molecule has 1 atom stereocenters. The van der Waals surface area contributed by atoms with Gasteiger partial charge in [0.2, 0.25) is 0 Å². The van der Waals surface area contributed by atoms with Gasteiger partial charge in [-0.1, -0.05) is 57.1 Å². The SMILES string of the molecule is CCCCCCN1C(=O)C(=Cc2c(C)c(C#N)c(=O)n(CC)c2N2CCCC(C)C2)SC1=S. The number of piperidine rings is 1. The Morgan fingerprint density at radius 3 is 2.64 bits per heavy atom. The second-order valence-electron chi connectivity index (χ2n) is 8.99. The highest BCUT2D eigenvalue weighted by molar-refractivity contribution is 8.26. The molecule has 2 aliphatic rings. The fourth-order valence-electron chi connectivity index (χ4n) is 4.68. The number of hydrogen-bond acceptors (Lipinski definition) is 6. The number of hydrogen-bond donors (Lipinski definition) is 0. The number of amides is 1. The zero-order valence-corrected chi connectivity index (χ0v) is 21.8. The van der Waals surface area contributed by atoms with Crippen LogP contribution in [0.1, 0.15) is 76.0 Å². The minimum absolute atomic E-state index is 0.0772. The lowest BCUT2D eigenvalue weighted by Crippen LogP contribution is -2.40. The Kier molecular flexibility index (Phi) is 8.77.